The van der Waals surface area contributed by atoms with Crippen LogP contribution in [0.25, 0.3) is 0 Å². The average Bonchev–Trinajstić information content (AvgIpc) is 2.68. The third-order valence-electron chi connectivity index (χ3n) is 4.75. The standard InChI is InChI=1S/C21H29N5O/c1-2-3-8-24-18-14-19(25-20(22)15-18)13-16-4-6-17(7-5-16)21(27)26-11-9-23-10-12-26/h4-7,14-15,23H,2-3,8-13H2,1H3,(H3,22,24,25). The van der Waals surface area contributed by atoms with Crippen LogP contribution in [0.2, 0.25) is 0 Å². The SMILES string of the molecule is CCCCNc1cc(N)nc(Cc2ccc(C(=O)N3CCNCC3)cc2)c1. The van der Waals surface area contributed by atoms with E-state index in [1.807, 2.05) is 41.3 Å². The minimum absolute atomic E-state index is 0.104. The Kier molecular flexibility index (Phi) is 6.65. The van der Waals surface area contributed by atoms with Gasteiger partial charge in [0, 0.05) is 62.2 Å². The van der Waals surface area contributed by atoms with Crippen molar-refractivity contribution >= 4 is 17.4 Å². The van der Waals surface area contributed by atoms with Gasteiger partial charge < -0.3 is 21.3 Å². The number of benzene rings is 1. The maximum Gasteiger partial charge on any atom is 0.253 e. The summed E-state index contributed by atoms with van der Waals surface area (Å²) in [5.41, 5.74) is 9.75. The molecule has 0 spiro atoms. The van der Waals surface area contributed by atoms with Gasteiger partial charge in [-0.3, -0.25) is 4.79 Å². The van der Waals surface area contributed by atoms with Gasteiger partial charge in [0.15, 0.2) is 0 Å². The molecule has 6 nitrogen and oxygen atoms in total. The van der Waals surface area contributed by atoms with Crippen molar-refractivity contribution in [1.29, 1.82) is 0 Å². The van der Waals surface area contributed by atoms with Crippen molar-refractivity contribution in [2.45, 2.75) is 26.2 Å². The van der Waals surface area contributed by atoms with Crippen LogP contribution in [0.15, 0.2) is 36.4 Å². The molecule has 1 aromatic heterocycles. The molecule has 144 valence electrons. The fourth-order valence-electron chi connectivity index (χ4n) is 3.24. The number of nitrogens with two attached hydrogens (primary N) is 1. The van der Waals surface area contributed by atoms with E-state index in [1.165, 1.54) is 0 Å². The smallest absolute Gasteiger partial charge is 0.253 e. The van der Waals surface area contributed by atoms with Crippen LogP contribution in [0.3, 0.4) is 0 Å². The number of rotatable bonds is 7. The number of carbonyl (C=O) groups is 1. The van der Waals surface area contributed by atoms with Gasteiger partial charge in [-0.15, -0.1) is 0 Å². The van der Waals surface area contributed by atoms with Crippen LogP contribution in [0.5, 0.6) is 0 Å². The number of carbonyl (C=O) groups excluding carboxylic acids is 1. The Morgan fingerprint density at radius 1 is 1.22 bits per heavy atom. The van der Waals surface area contributed by atoms with Crippen molar-refractivity contribution < 1.29 is 4.79 Å². The maximum absolute atomic E-state index is 12.5. The average molecular weight is 367 g/mol. The highest BCUT2D eigenvalue weighted by Crippen LogP contribution is 2.17. The molecule has 1 aromatic carbocycles. The molecule has 1 fully saturated rings. The lowest BCUT2D eigenvalue weighted by Gasteiger charge is -2.27. The predicted molar refractivity (Wildman–Crippen MR) is 110 cm³/mol. The molecule has 4 N–H and O–H groups in total. The molecule has 0 unspecified atom stereocenters. The van der Waals surface area contributed by atoms with Crippen molar-refractivity contribution in [1.82, 2.24) is 15.2 Å². The third-order valence-corrected chi connectivity index (χ3v) is 4.75. The van der Waals surface area contributed by atoms with Crippen LogP contribution in [0.4, 0.5) is 11.5 Å². The molecular weight excluding hydrogens is 338 g/mol. The van der Waals surface area contributed by atoms with Gasteiger partial charge in [-0.05, 0) is 30.2 Å². The van der Waals surface area contributed by atoms with Gasteiger partial charge in [0.2, 0.25) is 0 Å². The van der Waals surface area contributed by atoms with Crippen LogP contribution in [0.1, 0.15) is 41.4 Å². The number of amides is 1. The van der Waals surface area contributed by atoms with Crippen molar-refractivity contribution in [2.24, 2.45) is 0 Å². The summed E-state index contributed by atoms with van der Waals surface area (Å²) in [6.45, 7) is 6.36. The number of unbranched alkanes of at least 4 members (excludes halogenated alkanes) is 1. The van der Waals surface area contributed by atoms with Gasteiger partial charge >= 0.3 is 0 Å². The number of nitrogen functional groups attached to an aromatic ring is 1. The number of nitrogens with zero attached hydrogens (tertiary/aromatic N) is 2. The quantitative estimate of drug-likeness (QED) is 0.655. The van der Waals surface area contributed by atoms with E-state index in [1.54, 1.807) is 0 Å². The number of pyridine rings is 1. The number of piperazine rings is 1. The second kappa shape index (κ2) is 9.37. The first-order chi connectivity index (χ1) is 13.2. The predicted octanol–water partition coefficient (Wildman–Crippen LogP) is 2.51. The largest absolute Gasteiger partial charge is 0.385 e. The van der Waals surface area contributed by atoms with Crippen LogP contribution >= 0.6 is 0 Å². The number of hydrogen-bond acceptors (Lipinski definition) is 5. The zero-order chi connectivity index (χ0) is 19.1. The van der Waals surface area contributed by atoms with E-state index in [0.717, 1.165) is 68.1 Å². The molecule has 1 aliphatic heterocycles. The summed E-state index contributed by atoms with van der Waals surface area (Å²) >= 11 is 0. The number of aromatic nitrogens is 1. The molecule has 0 aliphatic carbocycles. The van der Waals surface area contributed by atoms with Gasteiger partial charge in [-0.25, -0.2) is 4.98 Å². The minimum Gasteiger partial charge on any atom is -0.385 e. The van der Waals surface area contributed by atoms with E-state index in [2.05, 4.69) is 22.5 Å². The Morgan fingerprint density at radius 2 is 1.96 bits per heavy atom. The molecular formula is C21H29N5O. The van der Waals surface area contributed by atoms with E-state index < -0.39 is 0 Å². The molecule has 0 bridgehead atoms. The van der Waals surface area contributed by atoms with E-state index in [-0.39, 0.29) is 5.91 Å². The minimum atomic E-state index is 0.104. The second-order valence-electron chi connectivity index (χ2n) is 6.97. The van der Waals surface area contributed by atoms with E-state index in [0.29, 0.717) is 12.2 Å². The number of nitrogens with one attached hydrogen (secondary N) is 2. The lowest BCUT2D eigenvalue weighted by atomic mass is 10.1. The first kappa shape index (κ1) is 19.2. The molecule has 1 amide bonds. The second-order valence-corrected chi connectivity index (χ2v) is 6.97. The van der Waals surface area contributed by atoms with Crippen LogP contribution in [-0.4, -0.2) is 48.5 Å². The fourth-order valence-corrected chi connectivity index (χ4v) is 3.24. The molecule has 6 heteroatoms. The van der Waals surface area contributed by atoms with Gasteiger partial charge in [0.1, 0.15) is 5.82 Å². The Labute approximate surface area is 161 Å². The van der Waals surface area contributed by atoms with E-state index >= 15 is 0 Å². The fraction of sp³-hybridized carbons (Fsp3) is 0.429. The molecule has 0 saturated carbocycles. The van der Waals surface area contributed by atoms with Crippen LogP contribution in [0, 0.1) is 0 Å². The highest BCUT2D eigenvalue weighted by atomic mass is 16.2. The topological polar surface area (TPSA) is 83.3 Å². The van der Waals surface area contributed by atoms with Crippen molar-refractivity contribution in [2.75, 3.05) is 43.8 Å². The first-order valence-corrected chi connectivity index (χ1v) is 9.75. The number of anilines is 2. The molecule has 2 aromatic rings. The van der Waals surface area contributed by atoms with Crippen molar-refractivity contribution in [3.05, 3.63) is 53.2 Å². The Hall–Kier alpha value is -2.60. The molecule has 1 saturated heterocycles. The van der Waals surface area contributed by atoms with Crippen LogP contribution < -0.4 is 16.4 Å². The molecule has 0 radical (unpaired) electrons. The molecule has 3 rings (SSSR count). The first-order valence-electron chi connectivity index (χ1n) is 9.75. The Morgan fingerprint density at radius 3 is 2.67 bits per heavy atom. The Balaban J connectivity index is 1.64. The zero-order valence-corrected chi connectivity index (χ0v) is 16.0. The normalized spacial score (nSPS) is 14.2. The van der Waals surface area contributed by atoms with Gasteiger partial charge in [-0.2, -0.15) is 0 Å². The molecule has 27 heavy (non-hydrogen) atoms. The molecule has 1 aliphatic rings. The zero-order valence-electron chi connectivity index (χ0n) is 16.0. The summed E-state index contributed by atoms with van der Waals surface area (Å²) in [5, 5.41) is 6.66. The lowest BCUT2D eigenvalue weighted by molar-refractivity contribution is 0.0736. The third kappa shape index (κ3) is 5.44. The number of hydrogen-bond donors (Lipinski definition) is 3. The monoisotopic (exact) mass is 367 g/mol. The van der Waals surface area contributed by atoms with Gasteiger partial charge in [0.05, 0.1) is 0 Å². The summed E-state index contributed by atoms with van der Waals surface area (Å²) in [6, 6.07) is 11.7. The van der Waals surface area contributed by atoms with Gasteiger partial charge in [0.25, 0.3) is 5.91 Å². The highest BCUT2D eigenvalue weighted by Gasteiger charge is 2.17. The highest BCUT2D eigenvalue weighted by molar-refractivity contribution is 5.94. The summed E-state index contributed by atoms with van der Waals surface area (Å²) in [5.74, 6) is 0.629. The van der Waals surface area contributed by atoms with Crippen molar-refractivity contribution in [3.8, 4) is 0 Å². The summed E-state index contributed by atoms with van der Waals surface area (Å²) < 4.78 is 0. The van der Waals surface area contributed by atoms with Gasteiger partial charge in [-0.1, -0.05) is 25.5 Å². The summed E-state index contributed by atoms with van der Waals surface area (Å²) in [6.07, 6.45) is 2.97. The lowest BCUT2D eigenvalue weighted by Crippen LogP contribution is -2.46. The van der Waals surface area contributed by atoms with Crippen molar-refractivity contribution in [3.63, 3.8) is 0 Å². The van der Waals surface area contributed by atoms with E-state index in [9.17, 15) is 4.79 Å². The Bertz CT molecular complexity index is 754. The van der Waals surface area contributed by atoms with E-state index in [4.69, 9.17) is 5.73 Å². The molecule has 2 heterocycles. The summed E-state index contributed by atoms with van der Waals surface area (Å²) in [4.78, 5) is 18.9. The van der Waals surface area contributed by atoms with Crippen LogP contribution in [-0.2, 0) is 6.42 Å². The maximum atomic E-state index is 12.5. The molecule has 0 atom stereocenters. The summed E-state index contributed by atoms with van der Waals surface area (Å²) in [7, 11) is 0.